The molecule has 1 amide bonds. The van der Waals surface area contributed by atoms with Gasteiger partial charge in [0.15, 0.2) is 0 Å². The summed E-state index contributed by atoms with van der Waals surface area (Å²) in [4.78, 5) is 36.9. The highest BCUT2D eigenvalue weighted by atomic mass is 16.6. The predicted octanol–water partition coefficient (Wildman–Crippen LogP) is 4.29. The molecule has 0 radical (unpaired) electrons. The Hall–Kier alpha value is -3.40. The summed E-state index contributed by atoms with van der Waals surface area (Å²) in [6.07, 6.45) is 3.11. The maximum Gasteiger partial charge on any atom is 0.407 e. The highest BCUT2D eigenvalue weighted by Crippen LogP contribution is 2.30. The van der Waals surface area contributed by atoms with Gasteiger partial charge in [-0.05, 0) is 77.5 Å². The molecule has 3 aromatic rings. The number of nitrogens with zero attached hydrogens (tertiary/aromatic N) is 3. The van der Waals surface area contributed by atoms with Crippen LogP contribution in [0.15, 0.2) is 23.0 Å². The first kappa shape index (κ1) is 26.7. The molecule has 1 aromatic carbocycles. The van der Waals surface area contributed by atoms with Crippen LogP contribution >= 0.6 is 0 Å². The van der Waals surface area contributed by atoms with Crippen molar-refractivity contribution in [1.82, 2.24) is 19.7 Å². The average Bonchev–Trinajstić information content (AvgIpc) is 3.19. The summed E-state index contributed by atoms with van der Waals surface area (Å²) in [6.45, 7) is 8.71. The fourth-order valence-corrected chi connectivity index (χ4v) is 4.78. The molecule has 0 spiro atoms. The number of alkyl carbamates (subject to hydrolysis) is 1. The summed E-state index contributed by atoms with van der Waals surface area (Å²) in [5.74, 6) is -0.859. The summed E-state index contributed by atoms with van der Waals surface area (Å²) < 4.78 is 14.8. The molecule has 0 saturated carbocycles. The Balaban J connectivity index is 1.71. The van der Waals surface area contributed by atoms with Crippen LogP contribution < -0.4 is 10.9 Å². The van der Waals surface area contributed by atoms with Crippen molar-refractivity contribution < 1.29 is 24.2 Å². The third-order valence-electron chi connectivity index (χ3n) is 6.50. The maximum atomic E-state index is 13.8. The van der Waals surface area contributed by atoms with Gasteiger partial charge in [-0.25, -0.2) is 9.48 Å². The third kappa shape index (κ3) is 6.12. The van der Waals surface area contributed by atoms with Crippen molar-refractivity contribution >= 4 is 33.9 Å². The molecule has 200 valence electrons. The van der Waals surface area contributed by atoms with E-state index in [2.05, 4.69) is 5.32 Å². The van der Waals surface area contributed by atoms with E-state index in [1.54, 1.807) is 25.3 Å². The Labute approximate surface area is 215 Å². The molecule has 37 heavy (non-hydrogen) atoms. The molecular formula is C27H36N4O6. The van der Waals surface area contributed by atoms with Crippen molar-refractivity contribution in [1.29, 1.82) is 0 Å². The molecule has 2 aromatic heterocycles. The van der Waals surface area contributed by atoms with Gasteiger partial charge in [0.25, 0.3) is 5.56 Å². The number of amides is 1. The van der Waals surface area contributed by atoms with Gasteiger partial charge in [0.2, 0.25) is 0 Å². The predicted molar refractivity (Wildman–Crippen MR) is 140 cm³/mol. The Morgan fingerprint density at radius 1 is 1.27 bits per heavy atom. The number of ether oxygens (including phenoxy) is 2. The van der Waals surface area contributed by atoms with E-state index in [-0.39, 0.29) is 18.2 Å². The van der Waals surface area contributed by atoms with Crippen molar-refractivity contribution in [2.45, 2.75) is 84.6 Å². The van der Waals surface area contributed by atoms with Crippen LogP contribution in [-0.4, -0.2) is 50.3 Å². The molecule has 0 bridgehead atoms. The molecule has 1 aliphatic rings. The molecule has 1 unspecified atom stereocenters. The number of carboxylic acid groups (broad SMARTS) is 1. The minimum atomic E-state index is -0.859. The van der Waals surface area contributed by atoms with E-state index in [4.69, 9.17) is 19.7 Å². The van der Waals surface area contributed by atoms with Gasteiger partial charge in [-0.15, -0.1) is 0 Å². The number of hydrogen-bond donors (Lipinski definition) is 2. The lowest BCUT2D eigenvalue weighted by atomic mass is 10.0. The van der Waals surface area contributed by atoms with Crippen LogP contribution in [0, 0.1) is 6.92 Å². The highest BCUT2D eigenvalue weighted by Gasteiger charge is 2.24. The number of aromatic nitrogens is 3. The zero-order chi connectivity index (χ0) is 26.7. The summed E-state index contributed by atoms with van der Waals surface area (Å²) in [5.41, 5.74) is 2.23. The molecule has 1 atom stereocenters. The first-order chi connectivity index (χ1) is 17.5. The number of carboxylic acids is 1. The first-order valence-corrected chi connectivity index (χ1v) is 12.9. The molecule has 1 fully saturated rings. The standard InChI is InChI=1S/C27H36N4O6/c1-17-23-24(29-31(17)21-8-5-6-15-36-21)19-16-18(10-12-22(32)33)9-11-20(19)30(25(23)34)14-7-13-28-26(35)37-27(2,3)4/h9,11,16,21H,5-8,10,12-15H2,1-4H3,(H,28,35)(H,32,33). The van der Waals surface area contributed by atoms with E-state index in [1.165, 1.54) is 0 Å². The summed E-state index contributed by atoms with van der Waals surface area (Å²) in [5, 5.41) is 18.1. The molecule has 10 nitrogen and oxygen atoms in total. The van der Waals surface area contributed by atoms with Crippen LogP contribution in [0.3, 0.4) is 0 Å². The fraction of sp³-hybridized carbons (Fsp3) is 0.556. The molecule has 10 heteroatoms. The van der Waals surface area contributed by atoms with E-state index in [1.807, 2.05) is 29.8 Å². The van der Waals surface area contributed by atoms with E-state index < -0.39 is 17.7 Å². The lowest BCUT2D eigenvalue weighted by molar-refractivity contribution is -0.136. The quantitative estimate of drug-likeness (QED) is 0.431. The minimum absolute atomic E-state index is 0.0218. The van der Waals surface area contributed by atoms with Crippen LogP contribution in [0.4, 0.5) is 4.79 Å². The van der Waals surface area contributed by atoms with Crippen molar-refractivity contribution in [3.05, 3.63) is 39.8 Å². The van der Waals surface area contributed by atoms with Crippen molar-refractivity contribution in [2.75, 3.05) is 13.2 Å². The highest BCUT2D eigenvalue weighted by molar-refractivity contribution is 6.04. The number of pyridine rings is 1. The smallest absolute Gasteiger partial charge is 0.407 e. The second-order valence-corrected chi connectivity index (χ2v) is 10.6. The van der Waals surface area contributed by atoms with Crippen LogP contribution in [0.25, 0.3) is 21.8 Å². The largest absolute Gasteiger partial charge is 0.481 e. The number of hydrogen-bond acceptors (Lipinski definition) is 6. The molecular weight excluding hydrogens is 476 g/mol. The Morgan fingerprint density at radius 2 is 2.05 bits per heavy atom. The van der Waals surface area contributed by atoms with Gasteiger partial charge in [-0.3, -0.25) is 9.59 Å². The van der Waals surface area contributed by atoms with Crippen LogP contribution in [0.5, 0.6) is 0 Å². The lowest BCUT2D eigenvalue weighted by Crippen LogP contribution is -2.33. The monoisotopic (exact) mass is 512 g/mol. The number of fused-ring (bicyclic) bond motifs is 3. The zero-order valence-electron chi connectivity index (χ0n) is 22.0. The number of nitrogens with one attached hydrogen (secondary N) is 1. The van der Waals surface area contributed by atoms with Crippen molar-refractivity contribution in [3.8, 4) is 0 Å². The average molecular weight is 513 g/mol. The van der Waals surface area contributed by atoms with Gasteiger partial charge in [-0.2, -0.15) is 5.10 Å². The van der Waals surface area contributed by atoms with Gasteiger partial charge >= 0.3 is 12.1 Å². The van der Waals surface area contributed by atoms with Crippen LogP contribution in [0.2, 0.25) is 0 Å². The summed E-state index contributed by atoms with van der Waals surface area (Å²) >= 11 is 0. The van der Waals surface area contributed by atoms with E-state index in [0.717, 1.165) is 41.4 Å². The number of carbonyl (C=O) groups is 2. The van der Waals surface area contributed by atoms with Gasteiger partial charge < -0.3 is 24.5 Å². The van der Waals surface area contributed by atoms with Gasteiger partial charge in [0, 0.05) is 31.5 Å². The second-order valence-electron chi connectivity index (χ2n) is 10.6. The molecule has 0 aliphatic carbocycles. The van der Waals surface area contributed by atoms with Gasteiger partial charge in [-0.1, -0.05) is 6.07 Å². The molecule has 2 N–H and O–H groups in total. The Bertz CT molecular complexity index is 1360. The minimum Gasteiger partial charge on any atom is -0.481 e. The SMILES string of the molecule is Cc1c2c(=O)n(CCCNC(=O)OC(C)(C)C)c3ccc(CCC(=O)O)cc3c2nn1C1CCCCO1. The van der Waals surface area contributed by atoms with Gasteiger partial charge in [0.1, 0.15) is 17.3 Å². The molecule has 4 rings (SSSR count). The topological polar surface area (TPSA) is 125 Å². The number of benzene rings is 1. The van der Waals surface area contributed by atoms with E-state index in [9.17, 15) is 14.4 Å². The van der Waals surface area contributed by atoms with Crippen LogP contribution in [0.1, 0.15) is 70.4 Å². The fourth-order valence-electron chi connectivity index (χ4n) is 4.78. The Kier molecular flexibility index (Phi) is 7.87. The number of rotatable bonds is 8. The Morgan fingerprint density at radius 3 is 2.73 bits per heavy atom. The molecule has 3 heterocycles. The van der Waals surface area contributed by atoms with Crippen molar-refractivity contribution in [2.24, 2.45) is 0 Å². The molecule has 1 aliphatic heterocycles. The lowest BCUT2D eigenvalue weighted by Gasteiger charge is -2.23. The van der Waals surface area contributed by atoms with Crippen LogP contribution in [-0.2, 0) is 27.2 Å². The normalized spacial score (nSPS) is 16.3. The molecule has 1 saturated heterocycles. The number of carbonyl (C=O) groups excluding carboxylic acids is 1. The summed E-state index contributed by atoms with van der Waals surface area (Å²) in [6, 6.07) is 5.66. The first-order valence-electron chi connectivity index (χ1n) is 12.9. The zero-order valence-corrected chi connectivity index (χ0v) is 22.0. The van der Waals surface area contributed by atoms with E-state index >= 15 is 0 Å². The number of aryl methyl sites for hydroxylation is 3. The van der Waals surface area contributed by atoms with E-state index in [0.29, 0.717) is 43.4 Å². The number of aliphatic carboxylic acids is 1. The summed E-state index contributed by atoms with van der Waals surface area (Å²) in [7, 11) is 0. The maximum absolute atomic E-state index is 13.8. The van der Waals surface area contributed by atoms with Gasteiger partial charge in [0.05, 0.1) is 16.6 Å². The van der Waals surface area contributed by atoms with Crippen molar-refractivity contribution in [3.63, 3.8) is 0 Å². The third-order valence-corrected chi connectivity index (χ3v) is 6.50. The second kappa shape index (κ2) is 10.9.